The summed E-state index contributed by atoms with van der Waals surface area (Å²) in [5.74, 6) is 1.06. The maximum absolute atomic E-state index is 13.0. The molecule has 126 valence electrons. The quantitative estimate of drug-likeness (QED) is 0.835. The van der Waals surface area contributed by atoms with E-state index in [0.29, 0.717) is 0 Å². The van der Waals surface area contributed by atoms with Gasteiger partial charge in [0.05, 0.1) is 17.2 Å². The van der Waals surface area contributed by atoms with Crippen LogP contribution in [0, 0.1) is 0 Å². The van der Waals surface area contributed by atoms with E-state index in [1.807, 2.05) is 29.2 Å². The number of carbonyl (C=O) groups excluding carboxylic acids is 1. The molecule has 2 fully saturated rings. The van der Waals surface area contributed by atoms with Crippen LogP contribution in [-0.2, 0) is 4.79 Å². The predicted octanol–water partition coefficient (Wildman–Crippen LogP) is 1.37. The molecule has 2 aliphatic rings. The first-order chi connectivity index (χ1) is 11.7. The van der Waals surface area contributed by atoms with E-state index < -0.39 is 0 Å². The molecule has 1 aromatic carbocycles. The Morgan fingerprint density at radius 3 is 2.62 bits per heavy atom. The van der Waals surface area contributed by atoms with Gasteiger partial charge in [0.15, 0.2) is 0 Å². The van der Waals surface area contributed by atoms with Crippen molar-refractivity contribution in [1.82, 2.24) is 19.8 Å². The van der Waals surface area contributed by atoms with Crippen LogP contribution in [0.5, 0.6) is 0 Å². The molecule has 0 saturated carbocycles. The standard InChI is InChI=1S/C18H23N5O/c1-21-9-11-22(12-10-21)18(24)16-7-4-8-23(16)17-13-19-14-5-2-3-6-15(14)20-17/h2-3,5-6,13,16H,4,7-12H2,1H3/t16-/m1/s1. The van der Waals surface area contributed by atoms with Crippen LogP contribution in [0.25, 0.3) is 11.0 Å². The summed E-state index contributed by atoms with van der Waals surface area (Å²) in [6.45, 7) is 4.42. The molecule has 0 bridgehead atoms. The molecule has 2 aliphatic heterocycles. The number of aromatic nitrogens is 2. The lowest BCUT2D eigenvalue weighted by atomic mass is 10.1. The number of carbonyl (C=O) groups is 1. The zero-order valence-corrected chi connectivity index (χ0v) is 14.1. The van der Waals surface area contributed by atoms with E-state index in [4.69, 9.17) is 4.98 Å². The van der Waals surface area contributed by atoms with Crippen LogP contribution in [0.2, 0.25) is 0 Å². The fourth-order valence-electron chi connectivity index (χ4n) is 3.62. The van der Waals surface area contributed by atoms with Gasteiger partial charge in [0.1, 0.15) is 11.9 Å². The average molecular weight is 325 g/mol. The number of piperazine rings is 1. The van der Waals surface area contributed by atoms with Crippen molar-refractivity contribution < 1.29 is 4.79 Å². The molecule has 24 heavy (non-hydrogen) atoms. The average Bonchev–Trinajstić information content (AvgIpc) is 3.11. The van der Waals surface area contributed by atoms with Gasteiger partial charge in [-0.3, -0.25) is 9.78 Å². The van der Waals surface area contributed by atoms with Crippen molar-refractivity contribution in [1.29, 1.82) is 0 Å². The van der Waals surface area contributed by atoms with Crippen molar-refractivity contribution in [3.63, 3.8) is 0 Å². The second-order valence-corrected chi connectivity index (χ2v) is 6.70. The summed E-state index contributed by atoms with van der Waals surface area (Å²) >= 11 is 0. The van der Waals surface area contributed by atoms with E-state index in [1.165, 1.54) is 0 Å². The molecule has 0 unspecified atom stereocenters. The fourth-order valence-corrected chi connectivity index (χ4v) is 3.62. The number of fused-ring (bicyclic) bond motifs is 1. The molecule has 1 amide bonds. The predicted molar refractivity (Wildman–Crippen MR) is 94.0 cm³/mol. The molecule has 0 N–H and O–H groups in total. The van der Waals surface area contributed by atoms with E-state index in [9.17, 15) is 4.79 Å². The number of anilines is 1. The van der Waals surface area contributed by atoms with Crippen molar-refractivity contribution in [3.8, 4) is 0 Å². The SMILES string of the molecule is CN1CCN(C(=O)[C@H]2CCCN2c2cnc3ccccc3n2)CC1. The van der Waals surface area contributed by atoms with Gasteiger partial charge in [0.2, 0.25) is 5.91 Å². The van der Waals surface area contributed by atoms with Gasteiger partial charge in [-0.2, -0.15) is 0 Å². The number of para-hydroxylation sites is 2. The van der Waals surface area contributed by atoms with E-state index in [2.05, 4.69) is 21.8 Å². The summed E-state index contributed by atoms with van der Waals surface area (Å²) in [7, 11) is 2.11. The smallest absolute Gasteiger partial charge is 0.245 e. The molecular weight excluding hydrogens is 302 g/mol. The Bertz CT molecular complexity index is 741. The van der Waals surface area contributed by atoms with E-state index in [0.717, 1.165) is 62.4 Å². The summed E-state index contributed by atoms with van der Waals surface area (Å²) in [5, 5.41) is 0. The normalized spacial score (nSPS) is 22.3. The molecule has 1 aromatic heterocycles. The zero-order valence-electron chi connectivity index (χ0n) is 14.1. The molecule has 1 atom stereocenters. The molecule has 0 radical (unpaired) electrons. The molecule has 4 rings (SSSR count). The fraction of sp³-hybridized carbons (Fsp3) is 0.500. The molecule has 0 spiro atoms. The third-order valence-electron chi connectivity index (χ3n) is 5.08. The highest BCUT2D eigenvalue weighted by Gasteiger charge is 2.35. The number of amides is 1. The number of rotatable bonds is 2. The number of hydrogen-bond donors (Lipinski definition) is 0. The van der Waals surface area contributed by atoms with Crippen LogP contribution in [0.1, 0.15) is 12.8 Å². The monoisotopic (exact) mass is 325 g/mol. The van der Waals surface area contributed by atoms with Gasteiger partial charge in [-0.1, -0.05) is 12.1 Å². The Kier molecular flexibility index (Phi) is 4.06. The lowest BCUT2D eigenvalue weighted by Crippen LogP contribution is -2.53. The van der Waals surface area contributed by atoms with Crippen LogP contribution >= 0.6 is 0 Å². The third kappa shape index (κ3) is 2.82. The minimum atomic E-state index is -0.0936. The minimum absolute atomic E-state index is 0.0936. The lowest BCUT2D eigenvalue weighted by molar-refractivity contribution is -0.134. The van der Waals surface area contributed by atoms with Gasteiger partial charge in [0.25, 0.3) is 0 Å². The van der Waals surface area contributed by atoms with Crippen molar-refractivity contribution in [2.75, 3.05) is 44.7 Å². The van der Waals surface area contributed by atoms with Gasteiger partial charge >= 0.3 is 0 Å². The summed E-state index contributed by atoms with van der Waals surface area (Å²) in [6, 6.07) is 7.77. The molecule has 3 heterocycles. The highest BCUT2D eigenvalue weighted by molar-refractivity contribution is 5.86. The first-order valence-corrected chi connectivity index (χ1v) is 8.68. The van der Waals surface area contributed by atoms with Crippen molar-refractivity contribution >= 4 is 22.8 Å². The maximum atomic E-state index is 13.0. The Labute approximate surface area is 142 Å². The van der Waals surface area contributed by atoms with Crippen LogP contribution < -0.4 is 4.90 Å². The maximum Gasteiger partial charge on any atom is 0.245 e. The van der Waals surface area contributed by atoms with E-state index >= 15 is 0 Å². The number of benzene rings is 1. The Morgan fingerprint density at radius 2 is 1.83 bits per heavy atom. The summed E-state index contributed by atoms with van der Waals surface area (Å²) in [6.07, 6.45) is 3.73. The van der Waals surface area contributed by atoms with Gasteiger partial charge in [0, 0.05) is 32.7 Å². The van der Waals surface area contributed by atoms with E-state index in [1.54, 1.807) is 6.20 Å². The highest BCUT2D eigenvalue weighted by atomic mass is 16.2. The second-order valence-electron chi connectivity index (χ2n) is 6.70. The molecule has 0 aliphatic carbocycles. The zero-order chi connectivity index (χ0) is 16.5. The topological polar surface area (TPSA) is 52.6 Å². The Morgan fingerprint density at radius 1 is 1.08 bits per heavy atom. The van der Waals surface area contributed by atoms with Crippen molar-refractivity contribution in [2.45, 2.75) is 18.9 Å². The summed E-state index contributed by atoms with van der Waals surface area (Å²) in [4.78, 5) is 28.6. The van der Waals surface area contributed by atoms with Crippen LogP contribution in [0.15, 0.2) is 30.5 Å². The van der Waals surface area contributed by atoms with Gasteiger partial charge in [-0.15, -0.1) is 0 Å². The van der Waals surface area contributed by atoms with Crippen LogP contribution in [0.4, 0.5) is 5.82 Å². The lowest BCUT2D eigenvalue weighted by Gasteiger charge is -2.36. The number of hydrogen-bond acceptors (Lipinski definition) is 5. The first-order valence-electron chi connectivity index (χ1n) is 8.68. The van der Waals surface area contributed by atoms with Gasteiger partial charge in [-0.25, -0.2) is 4.98 Å². The van der Waals surface area contributed by atoms with Gasteiger partial charge in [-0.05, 0) is 32.0 Å². The molecule has 2 saturated heterocycles. The molecule has 6 nitrogen and oxygen atoms in total. The summed E-state index contributed by atoms with van der Waals surface area (Å²) in [5.41, 5.74) is 1.77. The Hall–Kier alpha value is -2.21. The van der Waals surface area contributed by atoms with Crippen LogP contribution in [-0.4, -0.2) is 71.5 Å². The molecule has 2 aromatic rings. The van der Waals surface area contributed by atoms with E-state index in [-0.39, 0.29) is 11.9 Å². The molecule has 6 heteroatoms. The highest BCUT2D eigenvalue weighted by Crippen LogP contribution is 2.26. The van der Waals surface area contributed by atoms with Crippen molar-refractivity contribution in [3.05, 3.63) is 30.5 Å². The first kappa shape index (κ1) is 15.3. The van der Waals surface area contributed by atoms with Crippen LogP contribution in [0.3, 0.4) is 0 Å². The summed E-state index contributed by atoms with van der Waals surface area (Å²) < 4.78 is 0. The third-order valence-corrected chi connectivity index (χ3v) is 5.08. The molecular formula is C18H23N5O. The van der Waals surface area contributed by atoms with Crippen molar-refractivity contribution in [2.24, 2.45) is 0 Å². The largest absolute Gasteiger partial charge is 0.343 e. The Balaban J connectivity index is 1.56. The number of likely N-dealkylation sites (N-methyl/N-ethyl adjacent to an activating group) is 1. The van der Waals surface area contributed by atoms with Gasteiger partial charge < -0.3 is 14.7 Å². The minimum Gasteiger partial charge on any atom is -0.343 e. The second kappa shape index (κ2) is 6.36. The number of nitrogens with zero attached hydrogens (tertiary/aromatic N) is 5.